The van der Waals surface area contributed by atoms with Crippen molar-refractivity contribution in [1.29, 1.82) is 0 Å². The highest BCUT2D eigenvalue weighted by atomic mass is 19.1. The summed E-state index contributed by atoms with van der Waals surface area (Å²) < 4.78 is 23.6. The highest BCUT2D eigenvalue weighted by Crippen LogP contribution is 2.20. The number of hydrogen-bond acceptors (Lipinski definition) is 6. The Hall–Kier alpha value is -2.70. The van der Waals surface area contributed by atoms with E-state index in [-0.39, 0.29) is 23.5 Å². The van der Waals surface area contributed by atoms with E-state index in [1.165, 1.54) is 24.1 Å². The Morgan fingerprint density at radius 3 is 2.39 bits per heavy atom. The van der Waals surface area contributed by atoms with Crippen molar-refractivity contribution in [1.82, 2.24) is 4.90 Å². The maximum atomic E-state index is 14.1. The van der Waals surface area contributed by atoms with Crippen LogP contribution in [0.1, 0.15) is 24.2 Å². The third-order valence-corrected chi connectivity index (χ3v) is 2.57. The molecule has 0 amide bonds. The molecule has 0 radical (unpaired) electrons. The van der Waals surface area contributed by atoms with Crippen LogP contribution in [0.25, 0.3) is 0 Å². The number of carbonyl (C=O) groups is 3. The molecular formula is C16H18FNO5. The molecule has 0 fully saturated rings. The Kier molecular flexibility index (Phi) is 6.44. The number of nitrogens with zero attached hydrogens (tertiary/aromatic N) is 1. The first-order valence-corrected chi connectivity index (χ1v) is 6.84. The molecule has 0 heterocycles. The van der Waals surface area contributed by atoms with Gasteiger partial charge in [-0.2, -0.15) is 0 Å². The fourth-order valence-corrected chi connectivity index (χ4v) is 1.73. The lowest BCUT2D eigenvalue weighted by atomic mass is 10.0. The summed E-state index contributed by atoms with van der Waals surface area (Å²) >= 11 is 0. The highest BCUT2D eigenvalue weighted by Gasteiger charge is 2.24. The SMILES string of the molecule is CCOC(=O)/C(=C/N(C)C)C(=O)c1ccc(OC(C)=O)cc1F. The van der Waals surface area contributed by atoms with E-state index in [0.717, 1.165) is 12.1 Å². The van der Waals surface area contributed by atoms with Crippen LogP contribution < -0.4 is 4.74 Å². The Labute approximate surface area is 133 Å². The molecule has 1 aromatic carbocycles. The molecule has 0 N–H and O–H groups in total. The standard InChI is InChI=1S/C16H18FNO5/c1-5-22-16(21)13(9-18(3)4)15(20)12-7-6-11(8-14(12)17)23-10(2)19/h6-9H,5H2,1-4H3/b13-9+. The summed E-state index contributed by atoms with van der Waals surface area (Å²) in [4.78, 5) is 36.6. The van der Waals surface area contributed by atoms with Crippen molar-refractivity contribution in [3.05, 3.63) is 41.4 Å². The zero-order chi connectivity index (χ0) is 17.6. The van der Waals surface area contributed by atoms with Crippen molar-refractivity contribution >= 4 is 17.7 Å². The van der Waals surface area contributed by atoms with Crippen LogP contribution in [0.2, 0.25) is 0 Å². The van der Waals surface area contributed by atoms with Gasteiger partial charge in [0.25, 0.3) is 0 Å². The molecule has 0 aromatic heterocycles. The van der Waals surface area contributed by atoms with Gasteiger partial charge in [0.1, 0.15) is 17.1 Å². The first kappa shape index (κ1) is 18.3. The number of benzene rings is 1. The molecule has 0 atom stereocenters. The predicted octanol–water partition coefficient (Wildman–Crippen LogP) is 1.94. The van der Waals surface area contributed by atoms with Gasteiger partial charge < -0.3 is 14.4 Å². The monoisotopic (exact) mass is 323 g/mol. The van der Waals surface area contributed by atoms with Crippen LogP contribution in [-0.2, 0) is 14.3 Å². The molecule has 1 aromatic rings. The molecule has 0 saturated carbocycles. The van der Waals surface area contributed by atoms with E-state index in [9.17, 15) is 18.8 Å². The summed E-state index contributed by atoms with van der Waals surface area (Å²) in [5.74, 6) is -3.19. The average Bonchev–Trinajstić information content (AvgIpc) is 2.43. The molecule has 0 aliphatic heterocycles. The molecule has 124 valence electrons. The predicted molar refractivity (Wildman–Crippen MR) is 80.4 cm³/mol. The van der Waals surface area contributed by atoms with Crippen molar-refractivity contribution in [3.63, 3.8) is 0 Å². The lowest BCUT2D eigenvalue weighted by Gasteiger charge is -2.11. The van der Waals surface area contributed by atoms with Gasteiger partial charge in [-0.15, -0.1) is 0 Å². The number of hydrogen-bond donors (Lipinski definition) is 0. The second kappa shape index (κ2) is 8.07. The van der Waals surface area contributed by atoms with Crippen LogP contribution in [0.4, 0.5) is 4.39 Å². The summed E-state index contributed by atoms with van der Waals surface area (Å²) in [6.45, 7) is 2.87. The first-order chi connectivity index (χ1) is 10.8. The van der Waals surface area contributed by atoms with E-state index in [1.54, 1.807) is 21.0 Å². The lowest BCUT2D eigenvalue weighted by molar-refractivity contribution is -0.138. The fraction of sp³-hybridized carbons (Fsp3) is 0.312. The van der Waals surface area contributed by atoms with Crippen LogP contribution in [0.5, 0.6) is 5.75 Å². The number of ether oxygens (including phenoxy) is 2. The minimum Gasteiger partial charge on any atom is -0.462 e. The van der Waals surface area contributed by atoms with Gasteiger partial charge in [-0.3, -0.25) is 9.59 Å². The number of Topliss-reactive ketones (excluding diaryl/α,β-unsaturated/α-hetero) is 1. The normalized spacial score (nSPS) is 10.9. The third kappa shape index (κ3) is 5.21. The van der Waals surface area contributed by atoms with E-state index in [0.29, 0.717) is 0 Å². The van der Waals surface area contributed by atoms with Crippen LogP contribution in [-0.4, -0.2) is 43.3 Å². The Morgan fingerprint density at radius 1 is 1.26 bits per heavy atom. The number of rotatable bonds is 6. The molecule has 0 spiro atoms. The summed E-state index contributed by atoms with van der Waals surface area (Å²) in [5.41, 5.74) is -0.613. The lowest BCUT2D eigenvalue weighted by Crippen LogP contribution is -2.20. The Bertz CT molecular complexity index is 652. The summed E-state index contributed by atoms with van der Waals surface area (Å²) in [6, 6.07) is 3.34. The molecule has 0 saturated heterocycles. The molecule has 0 aliphatic rings. The Balaban J connectivity index is 3.18. The van der Waals surface area contributed by atoms with Gasteiger partial charge in [0, 0.05) is 33.3 Å². The van der Waals surface area contributed by atoms with Crippen molar-refractivity contribution in [2.45, 2.75) is 13.8 Å². The average molecular weight is 323 g/mol. The van der Waals surface area contributed by atoms with Crippen LogP contribution >= 0.6 is 0 Å². The van der Waals surface area contributed by atoms with Crippen LogP contribution in [0.3, 0.4) is 0 Å². The van der Waals surface area contributed by atoms with Crippen molar-refractivity contribution in [3.8, 4) is 5.75 Å². The second-order valence-electron chi connectivity index (χ2n) is 4.79. The van der Waals surface area contributed by atoms with Gasteiger partial charge in [0.05, 0.1) is 12.2 Å². The van der Waals surface area contributed by atoms with Gasteiger partial charge in [0.2, 0.25) is 5.78 Å². The molecule has 0 unspecified atom stereocenters. The third-order valence-electron chi connectivity index (χ3n) is 2.57. The molecule has 23 heavy (non-hydrogen) atoms. The van der Waals surface area contributed by atoms with Crippen molar-refractivity contribution in [2.24, 2.45) is 0 Å². The van der Waals surface area contributed by atoms with E-state index in [1.807, 2.05) is 0 Å². The van der Waals surface area contributed by atoms with E-state index < -0.39 is 23.5 Å². The highest BCUT2D eigenvalue weighted by molar-refractivity contribution is 6.24. The van der Waals surface area contributed by atoms with E-state index in [4.69, 9.17) is 9.47 Å². The second-order valence-corrected chi connectivity index (χ2v) is 4.79. The maximum absolute atomic E-state index is 14.1. The van der Waals surface area contributed by atoms with Crippen molar-refractivity contribution < 1.29 is 28.2 Å². The summed E-state index contributed by atoms with van der Waals surface area (Å²) in [7, 11) is 3.24. The quantitative estimate of drug-likeness (QED) is 0.199. The molecule has 1 rings (SSSR count). The van der Waals surface area contributed by atoms with Gasteiger partial charge in [-0.05, 0) is 19.1 Å². The molecule has 7 heteroatoms. The fourth-order valence-electron chi connectivity index (χ4n) is 1.73. The van der Waals surface area contributed by atoms with Crippen molar-refractivity contribution in [2.75, 3.05) is 20.7 Å². The van der Waals surface area contributed by atoms with Crippen LogP contribution in [0, 0.1) is 5.82 Å². The largest absolute Gasteiger partial charge is 0.462 e. The zero-order valence-electron chi connectivity index (χ0n) is 13.4. The summed E-state index contributed by atoms with van der Waals surface area (Å²) in [6.07, 6.45) is 1.26. The zero-order valence-corrected chi connectivity index (χ0v) is 13.4. The minimum atomic E-state index is -0.900. The van der Waals surface area contributed by atoms with E-state index in [2.05, 4.69) is 0 Å². The number of ketones is 1. The number of carbonyl (C=O) groups excluding carboxylic acids is 3. The number of esters is 2. The van der Waals surface area contributed by atoms with Gasteiger partial charge in [0.15, 0.2) is 0 Å². The smallest absolute Gasteiger partial charge is 0.343 e. The minimum absolute atomic E-state index is 0.0270. The topological polar surface area (TPSA) is 72.9 Å². The first-order valence-electron chi connectivity index (χ1n) is 6.84. The van der Waals surface area contributed by atoms with Gasteiger partial charge in [-0.25, -0.2) is 9.18 Å². The number of halogens is 1. The molecule has 0 bridgehead atoms. The molecule has 0 aliphatic carbocycles. The molecule has 6 nitrogen and oxygen atoms in total. The molecular weight excluding hydrogens is 305 g/mol. The summed E-state index contributed by atoms with van der Waals surface area (Å²) in [5, 5.41) is 0. The van der Waals surface area contributed by atoms with Crippen LogP contribution in [0.15, 0.2) is 30.0 Å². The van der Waals surface area contributed by atoms with Gasteiger partial charge >= 0.3 is 11.9 Å². The maximum Gasteiger partial charge on any atom is 0.343 e. The van der Waals surface area contributed by atoms with Gasteiger partial charge in [-0.1, -0.05) is 0 Å². The van der Waals surface area contributed by atoms with E-state index >= 15 is 0 Å². The Morgan fingerprint density at radius 2 is 1.91 bits per heavy atom.